The molecule has 0 saturated carbocycles. The molecule has 29 heteroatoms. The van der Waals surface area contributed by atoms with Crippen LogP contribution in [0.3, 0.4) is 0 Å². The van der Waals surface area contributed by atoms with Crippen LogP contribution in [0.1, 0.15) is 39.0 Å². The number of amides is 2. The van der Waals surface area contributed by atoms with E-state index >= 15 is 0 Å². The van der Waals surface area contributed by atoms with Crippen molar-refractivity contribution in [2.75, 3.05) is 37.8 Å². The van der Waals surface area contributed by atoms with Crippen LogP contribution in [0, 0.1) is 5.41 Å². The van der Waals surface area contributed by atoms with Crippen molar-refractivity contribution in [3.8, 4) is 0 Å². The number of fused-ring (bicyclic) bond motifs is 1. The number of phosphoric ester groups is 3. The van der Waals surface area contributed by atoms with E-state index in [4.69, 9.17) is 19.5 Å². The third-order valence-corrected chi connectivity index (χ3v) is 12.6. The zero-order valence-corrected chi connectivity index (χ0v) is 34.9. The molecule has 11 N–H and O–H groups in total. The smallest absolute Gasteiger partial charge is 0.386 e. The number of aliphatic hydroxyl groups excluding tert-OH is 2. The van der Waals surface area contributed by atoms with Gasteiger partial charge in [-0.25, -0.2) is 28.6 Å². The molecule has 2 aromatic heterocycles. The molecule has 25 nitrogen and oxygen atoms in total. The first-order valence-electron chi connectivity index (χ1n) is 17.2. The van der Waals surface area contributed by atoms with Gasteiger partial charge in [0.05, 0.1) is 19.5 Å². The average Bonchev–Trinajstić information content (AvgIpc) is 3.71. The topological polar surface area (TPSA) is 384 Å². The van der Waals surface area contributed by atoms with Gasteiger partial charge >= 0.3 is 23.5 Å². The van der Waals surface area contributed by atoms with Gasteiger partial charge in [0, 0.05) is 30.7 Å². The minimum absolute atomic E-state index is 0.0231. The van der Waals surface area contributed by atoms with Gasteiger partial charge in [0.15, 0.2) is 23.3 Å². The zero-order chi connectivity index (χ0) is 44.0. The Labute approximate surface area is 339 Å². The second kappa shape index (κ2) is 19.6. The van der Waals surface area contributed by atoms with Gasteiger partial charge in [-0.3, -0.25) is 32.5 Å². The van der Waals surface area contributed by atoms with Gasteiger partial charge in [-0.15, -0.1) is 0 Å². The van der Waals surface area contributed by atoms with Crippen LogP contribution in [-0.2, 0) is 56.3 Å². The number of carbonyl (C=O) groups excluding carboxylic acids is 3. The van der Waals surface area contributed by atoms with Crippen LogP contribution < -0.4 is 16.4 Å². The summed E-state index contributed by atoms with van der Waals surface area (Å²) >= 11 is 0.822. The number of thioether (sulfide) groups is 1. The molecule has 4 rings (SSSR count). The quantitative estimate of drug-likeness (QED) is 0.0479. The Balaban J connectivity index is 1.22. The van der Waals surface area contributed by atoms with Crippen LogP contribution in [0.4, 0.5) is 5.82 Å². The van der Waals surface area contributed by atoms with E-state index < -0.39 is 95.3 Å². The number of nitrogens with one attached hydrogen (secondary N) is 2. The van der Waals surface area contributed by atoms with Gasteiger partial charge in [0.2, 0.25) is 16.9 Å². The molecule has 4 unspecified atom stereocenters. The molecule has 59 heavy (non-hydrogen) atoms. The molecule has 3 heterocycles. The molecule has 1 aliphatic heterocycles. The van der Waals surface area contributed by atoms with Crippen molar-refractivity contribution < 1.29 is 85.6 Å². The highest BCUT2D eigenvalue weighted by atomic mass is 32.2. The maximum absolute atomic E-state index is 12.7. The number of aromatic nitrogens is 4. The van der Waals surface area contributed by atoms with Crippen molar-refractivity contribution >= 4 is 69.1 Å². The van der Waals surface area contributed by atoms with Crippen LogP contribution in [0.15, 0.2) is 43.0 Å². The summed E-state index contributed by atoms with van der Waals surface area (Å²) in [7, 11) is -16.4. The van der Waals surface area contributed by atoms with E-state index in [1.807, 2.05) is 0 Å². The van der Waals surface area contributed by atoms with Crippen LogP contribution in [0.2, 0.25) is 0 Å². The molecule has 8 atom stereocenters. The van der Waals surface area contributed by atoms with Gasteiger partial charge in [0.1, 0.15) is 36.3 Å². The van der Waals surface area contributed by atoms with Crippen molar-refractivity contribution in [2.24, 2.45) is 5.41 Å². The Morgan fingerprint density at radius 1 is 1.00 bits per heavy atom. The Morgan fingerprint density at radius 3 is 2.32 bits per heavy atom. The van der Waals surface area contributed by atoms with Crippen LogP contribution in [0.5, 0.6) is 0 Å². The summed E-state index contributed by atoms with van der Waals surface area (Å²) in [5.41, 5.74) is 2.90. The number of hydrogen-bond acceptors (Lipinski definition) is 19. The lowest BCUT2D eigenvalue weighted by atomic mass is 9.87. The Kier molecular flexibility index (Phi) is 16.1. The zero-order valence-electron chi connectivity index (χ0n) is 31.4. The second-order valence-electron chi connectivity index (χ2n) is 13.6. The summed E-state index contributed by atoms with van der Waals surface area (Å²) in [4.78, 5) is 88.3. The van der Waals surface area contributed by atoms with Gasteiger partial charge in [-0.2, -0.15) is 4.31 Å². The molecule has 328 valence electrons. The number of rotatable bonds is 21. The van der Waals surface area contributed by atoms with E-state index in [1.54, 1.807) is 30.3 Å². The number of aliphatic hydroxyl groups is 3. The van der Waals surface area contributed by atoms with E-state index in [-0.39, 0.29) is 42.2 Å². The Bertz CT molecular complexity index is 2110. The summed E-state index contributed by atoms with van der Waals surface area (Å²) in [5, 5.41) is 36.4. The van der Waals surface area contributed by atoms with E-state index in [0.717, 1.165) is 29.0 Å². The largest absolute Gasteiger partial charge is 0.481 e. The number of nitrogens with zero attached hydrogens (tertiary/aromatic N) is 4. The number of phosphoric acid groups is 3. The summed E-state index contributed by atoms with van der Waals surface area (Å²) in [5.74, 6) is -1.42. The number of imidazole rings is 1. The molecular formula is C30H44N7O18P3S. The minimum Gasteiger partial charge on any atom is -0.386 e. The fourth-order valence-corrected chi connectivity index (χ4v) is 8.91. The molecule has 0 aliphatic carbocycles. The lowest BCUT2D eigenvalue weighted by Gasteiger charge is -2.30. The number of carbonyl (C=O) groups is 3. The fourth-order valence-electron chi connectivity index (χ4n) is 5.29. The average molecular weight is 916 g/mol. The van der Waals surface area contributed by atoms with Crippen molar-refractivity contribution in [1.82, 2.24) is 30.2 Å². The van der Waals surface area contributed by atoms with Gasteiger partial charge in [-0.05, 0) is 12.5 Å². The highest BCUT2D eigenvalue weighted by Gasteiger charge is 2.50. The summed E-state index contributed by atoms with van der Waals surface area (Å²) < 4.78 is 62.2. The van der Waals surface area contributed by atoms with Crippen molar-refractivity contribution in [1.29, 1.82) is 0 Å². The molecular weight excluding hydrogens is 871 g/mol. The summed E-state index contributed by atoms with van der Waals surface area (Å²) in [6, 6.07) is 8.33. The van der Waals surface area contributed by atoms with Crippen LogP contribution in [-0.4, -0.2) is 128 Å². The van der Waals surface area contributed by atoms with Gasteiger partial charge in [0.25, 0.3) is 0 Å². The van der Waals surface area contributed by atoms with E-state index in [2.05, 4.69) is 34.4 Å². The predicted molar refractivity (Wildman–Crippen MR) is 203 cm³/mol. The number of hydrogen-bond donors (Lipinski definition) is 10. The molecule has 0 bridgehead atoms. The first kappa shape index (κ1) is 48.4. The highest BCUT2D eigenvalue weighted by Crippen LogP contribution is 2.61. The van der Waals surface area contributed by atoms with Crippen LogP contribution >= 0.6 is 35.2 Å². The van der Waals surface area contributed by atoms with Crippen molar-refractivity contribution in [2.45, 2.75) is 63.4 Å². The fraction of sp³-hybridized carbons (Fsp3) is 0.533. The number of benzene rings is 1. The lowest BCUT2D eigenvalue weighted by molar-refractivity contribution is -0.137. The predicted octanol–water partition coefficient (Wildman–Crippen LogP) is -0.428. The molecule has 1 fully saturated rings. The highest BCUT2D eigenvalue weighted by molar-refractivity contribution is 8.13. The summed E-state index contributed by atoms with van der Waals surface area (Å²) in [6.45, 7) is 1.60. The first-order valence-corrected chi connectivity index (χ1v) is 22.7. The molecule has 1 aliphatic rings. The van der Waals surface area contributed by atoms with Gasteiger partial charge in [-0.1, -0.05) is 55.9 Å². The van der Waals surface area contributed by atoms with Gasteiger partial charge < -0.3 is 56.0 Å². The number of anilines is 1. The third-order valence-electron chi connectivity index (χ3n) is 8.47. The molecule has 3 aromatic rings. The third kappa shape index (κ3) is 13.4. The lowest BCUT2D eigenvalue weighted by Crippen LogP contribution is -2.46. The summed E-state index contributed by atoms with van der Waals surface area (Å²) in [6.07, 6.45) is -7.06. The maximum atomic E-state index is 12.7. The van der Waals surface area contributed by atoms with E-state index in [9.17, 15) is 63.0 Å². The monoisotopic (exact) mass is 915 g/mol. The second-order valence-corrected chi connectivity index (χ2v) is 18.9. The first-order chi connectivity index (χ1) is 27.3. The Morgan fingerprint density at radius 2 is 1.66 bits per heavy atom. The molecule has 2 amide bonds. The molecule has 1 aromatic carbocycles. The van der Waals surface area contributed by atoms with Crippen molar-refractivity contribution in [3.05, 3.63) is 48.5 Å². The molecule has 0 spiro atoms. The van der Waals surface area contributed by atoms with Crippen LogP contribution in [0.25, 0.3) is 11.2 Å². The number of ether oxygens (including phenoxy) is 1. The van der Waals surface area contributed by atoms with E-state index in [1.165, 1.54) is 20.8 Å². The normalized spacial score (nSPS) is 22.2. The SMILES string of the molecule is CC(O)(C(=O)SCCNC(=O)CCNC(=O)C(O)C(C)(C)COP(=O)(O)OP(=O)(O)OC[C@H]1O[C@@H](n2cnc3c(N)ncnc32)[C@H](O)[C@@H]1OP(=O)(O)O)c1ccccc1. The molecule has 1 saturated heterocycles. The minimum atomic E-state index is -5.59. The Hall–Kier alpha value is -3.26. The standard InChI is InChI=1S/C30H44N7O18P3S/c1-29(2,23(40)26(41)33-10-9-19(38)32-11-12-59-28(42)30(3,43)17-7-5-4-6-8-17)14-52-58(49,50)55-57(47,48)51-13-18-22(54-56(44,45)46)21(39)27(53-18)37-16-36-20-24(31)34-15-35-25(20)37/h4-8,15-16,18,21-23,27,39-40,43H,9-14H2,1-3H3,(H,32,38)(H,33,41)(H,47,48)(H,49,50)(H2,31,34,35)(H2,44,45,46)/t18-,21-,22-,23?,27-,30?/m1/s1. The van der Waals surface area contributed by atoms with E-state index in [0.29, 0.717) is 5.56 Å². The number of nitrogens with two attached hydrogens (primary N) is 1. The maximum Gasteiger partial charge on any atom is 0.481 e. The van der Waals surface area contributed by atoms with Crippen molar-refractivity contribution in [3.63, 3.8) is 0 Å². The number of nitrogen functional groups attached to an aromatic ring is 1. The molecule has 0 radical (unpaired) electrons.